The summed E-state index contributed by atoms with van der Waals surface area (Å²) in [6.45, 7) is 0. The Morgan fingerprint density at radius 3 is 2.79 bits per heavy atom. The molecule has 3 rings (SSSR count). The van der Waals surface area contributed by atoms with E-state index in [1.165, 1.54) is 0 Å². The molecule has 1 unspecified atom stereocenters. The summed E-state index contributed by atoms with van der Waals surface area (Å²) < 4.78 is 0. The molecule has 2 aromatic heterocycles. The van der Waals surface area contributed by atoms with Crippen molar-refractivity contribution in [3.63, 3.8) is 0 Å². The van der Waals surface area contributed by atoms with Crippen LogP contribution in [0.1, 0.15) is 16.5 Å². The van der Waals surface area contributed by atoms with Crippen molar-refractivity contribution in [2.45, 2.75) is 6.04 Å². The minimum absolute atomic E-state index is 0.147. The Hall–Kier alpha value is -1.46. The molecule has 0 aliphatic carbocycles. The zero-order valence-corrected chi connectivity index (χ0v) is 11.6. The van der Waals surface area contributed by atoms with Crippen LogP contribution in [-0.2, 0) is 0 Å². The van der Waals surface area contributed by atoms with E-state index >= 15 is 0 Å². The van der Waals surface area contributed by atoms with Crippen molar-refractivity contribution >= 4 is 33.7 Å². The smallest absolute Gasteiger partial charge is 0.0838 e. The van der Waals surface area contributed by atoms with Crippen molar-refractivity contribution in [2.24, 2.45) is 5.84 Å². The molecule has 0 saturated carbocycles. The summed E-state index contributed by atoms with van der Waals surface area (Å²) in [6, 6.07) is 9.84. The fourth-order valence-electron chi connectivity index (χ4n) is 2.19. The monoisotopic (exact) mass is 289 g/mol. The minimum atomic E-state index is -0.147. The van der Waals surface area contributed by atoms with E-state index in [9.17, 15) is 0 Å². The molecule has 1 atom stereocenters. The molecule has 96 valence electrons. The zero-order chi connectivity index (χ0) is 13.2. The highest BCUT2D eigenvalue weighted by Gasteiger charge is 2.19. The third-order valence-electron chi connectivity index (χ3n) is 3.08. The number of pyridine rings is 1. The lowest BCUT2D eigenvalue weighted by molar-refractivity contribution is 0.649. The number of hydrogen-bond donors (Lipinski definition) is 2. The molecule has 3 aromatic rings. The van der Waals surface area contributed by atoms with E-state index in [-0.39, 0.29) is 6.04 Å². The molecule has 0 fully saturated rings. The number of thiophene rings is 1. The van der Waals surface area contributed by atoms with Crippen molar-refractivity contribution in [3.05, 3.63) is 63.6 Å². The lowest BCUT2D eigenvalue weighted by Crippen LogP contribution is -2.28. The molecule has 19 heavy (non-hydrogen) atoms. The number of hydrazine groups is 1. The van der Waals surface area contributed by atoms with E-state index in [0.717, 1.165) is 26.2 Å². The summed E-state index contributed by atoms with van der Waals surface area (Å²) in [5, 5.41) is 4.90. The van der Waals surface area contributed by atoms with Gasteiger partial charge in [-0.3, -0.25) is 10.8 Å². The Morgan fingerprint density at radius 1 is 1.21 bits per heavy atom. The Labute approximate surface area is 120 Å². The number of fused-ring (bicyclic) bond motifs is 1. The number of nitrogens with one attached hydrogen (secondary N) is 1. The minimum Gasteiger partial charge on any atom is -0.271 e. The van der Waals surface area contributed by atoms with E-state index in [2.05, 4.69) is 16.5 Å². The summed E-state index contributed by atoms with van der Waals surface area (Å²) in [6.07, 6.45) is 3.69. The van der Waals surface area contributed by atoms with Crippen LogP contribution in [0.25, 0.3) is 10.8 Å². The SMILES string of the molecule is NNC(c1sccc1Cl)c1cncc2ccccc12. The van der Waals surface area contributed by atoms with Crippen LogP contribution in [-0.4, -0.2) is 4.98 Å². The predicted octanol–water partition coefficient (Wildman–Crippen LogP) is 3.50. The second-order valence-electron chi connectivity index (χ2n) is 4.18. The second-order valence-corrected chi connectivity index (χ2v) is 5.54. The predicted molar refractivity (Wildman–Crippen MR) is 80.2 cm³/mol. The van der Waals surface area contributed by atoms with Gasteiger partial charge >= 0.3 is 0 Å². The van der Waals surface area contributed by atoms with Crippen molar-refractivity contribution in [2.75, 3.05) is 0 Å². The first-order valence-electron chi connectivity index (χ1n) is 5.83. The zero-order valence-electron chi connectivity index (χ0n) is 10.0. The third-order valence-corrected chi connectivity index (χ3v) is 4.51. The van der Waals surface area contributed by atoms with Crippen LogP contribution in [0.5, 0.6) is 0 Å². The number of hydrogen-bond acceptors (Lipinski definition) is 4. The standard InChI is InChI=1S/C14H12ClN3S/c15-12-5-6-19-14(12)13(18-16)11-8-17-7-9-3-1-2-4-10(9)11/h1-8,13,18H,16H2. The molecule has 0 aliphatic rings. The summed E-state index contributed by atoms with van der Waals surface area (Å²) in [4.78, 5) is 5.29. The Balaban J connectivity index is 2.20. The molecular weight excluding hydrogens is 278 g/mol. The number of nitrogens with zero attached hydrogens (tertiary/aromatic N) is 1. The van der Waals surface area contributed by atoms with Crippen LogP contribution < -0.4 is 11.3 Å². The molecule has 0 amide bonds. The van der Waals surface area contributed by atoms with Crippen molar-refractivity contribution in [1.29, 1.82) is 0 Å². The number of benzene rings is 1. The van der Waals surface area contributed by atoms with Gasteiger partial charge in [-0.2, -0.15) is 0 Å². The van der Waals surface area contributed by atoms with Crippen LogP contribution in [0, 0.1) is 0 Å². The summed E-state index contributed by atoms with van der Waals surface area (Å²) in [5.41, 5.74) is 3.87. The summed E-state index contributed by atoms with van der Waals surface area (Å²) >= 11 is 7.79. The van der Waals surface area contributed by atoms with Gasteiger partial charge in [-0.15, -0.1) is 11.3 Å². The maximum atomic E-state index is 6.21. The number of halogens is 1. The van der Waals surface area contributed by atoms with Gasteiger partial charge in [-0.1, -0.05) is 35.9 Å². The van der Waals surface area contributed by atoms with Crippen LogP contribution >= 0.6 is 22.9 Å². The average molecular weight is 290 g/mol. The number of aromatic nitrogens is 1. The molecule has 0 aliphatic heterocycles. The first-order valence-corrected chi connectivity index (χ1v) is 7.08. The van der Waals surface area contributed by atoms with Gasteiger partial charge in [0, 0.05) is 28.2 Å². The average Bonchev–Trinajstić information content (AvgIpc) is 2.86. The number of rotatable bonds is 3. The molecule has 3 nitrogen and oxygen atoms in total. The van der Waals surface area contributed by atoms with Crippen molar-refractivity contribution < 1.29 is 0 Å². The van der Waals surface area contributed by atoms with E-state index in [1.807, 2.05) is 42.0 Å². The first kappa shape index (κ1) is 12.6. The molecule has 0 bridgehead atoms. The largest absolute Gasteiger partial charge is 0.271 e. The van der Waals surface area contributed by atoms with Crippen molar-refractivity contribution in [1.82, 2.24) is 10.4 Å². The van der Waals surface area contributed by atoms with Gasteiger partial charge in [-0.05, 0) is 16.8 Å². The van der Waals surface area contributed by atoms with Gasteiger partial charge in [0.2, 0.25) is 0 Å². The normalized spacial score (nSPS) is 12.7. The molecule has 0 spiro atoms. The number of nitrogens with two attached hydrogens (primary N) is 1. The third kappa shape index (κ3) is 2.24. The Bertz CT molecular complexity index is 705. The highest BCUT2D eigenvalue weighted by atomic mass is 35.5. The van der Waals surface area contributed by atoms with E-state index in [0.29, 0.717) is 0 Å². The molecular formula is C14H12ClN3S. The Kier molecular flexibility index (Phi) is 3.48. The highest BCUT2D eigenvalue weighted by Crippen LogP contribution is 2.34. The second kappa shape index (κ2) is 5.27. The lowest BCUT2D eigenvalue weighted by Gasteiger charge is -2.17. The van der Waals surface area contributed by atoms with Gasteiger partial charge in [0.1, 0.15) is 0 Å². The maximum Gasteiger partial charge on any atom is 0.0838 e. The van der Waals surface area contributed by atoms with Gasteiger partial charge in [0.25, 0.3) is 0 Å². The summed E-state index contributed by atoms with van der Waals surface area (Å²) in [5.74, 6) is 5.73. The first-order chi connectivity index (χ1) is 9.31. The maximum absolute atomic E-state index is 6.21. The fraction of sp³-hybridized carbons (Fsp3) is 0.0714. The van der Waals surface area contributed by atoms with Gasteiger partial charge in [0.05, 0.1) is 11.1 Å². The van der Waals surface area contributed by atoms with E-state index in [1.54, 1.807) is 11.3 Å². The van der Waals surface area contributed by atoms with Gasteiger partial charge in [-0.25, -0.2) is 5.43 Å². The molecule has 2 heterocycles. The molecule has 1 aromatic carbocycles. The molecule has 3 N–H and O–H groups in total. The van der Waals surface area contributed by atoms with Crippen molar-refractivity contribution in [3.8, 4) is 0 Å². The van der Waals surface area contributed by atoms with E-state index < -0.39 is 0 Å². The van der Waals surface area contributed by atoms with Crippen LogP contribution in [0.3, 0.4) is 0 Å². The van der Waals surface area contributed by atoms with Crippen LogP contribution in [0.2, 0.25) is 5.02 Å². The van der Waals surface area contributed by atoms with Gasteiger partial charge in [0.15, 0.2) is 0 Å². The topological polar surface area (TPSA) is 50.9 Å². The van der Waals surface area contributed by atoms with Gasteiger partial charge < -0.3 is 0 Å². The van der Waals surface area contributed by atoms with Crippen LogP contribution in [0.15, 0.2) is 48.1 Å². The molecule has 0 saturated heterocycles. The van der Waals surface area contributed by atoms with E-state index in [4.69, 9.17) is 17.4 Å². The fourth-order valence-corrected chi connectivity index (χ4v) is 3.43. The molecule has 0 radical (unpaired) electrons. The quantitative estimate of drug-likeness (QED) is 0.573. The Morgan fingerprint density at radius 2 is 2.05 bits per heavy atom. The summed E-state index contributed by atoms with van der Waals surface area (Å²) in [7, 11) is 0. The van der Waals surface area contributed by atoms with Crippen LogP contribution in [0.4, 0.5) is 0 Å². The highest BCUT2D eigenvalue weighted by molar-refractivity contribution is 7.10. The lowest BCUT2D eigenvalue weighted by atomic mass is 10.0. The molecule has 5 heteroatoms.